The van der Waals surface area contributed by atoms with E-state index in [0.29, 0.717) is 5.56 Å². The summed E-state index contributed by atoms with van der Waals surface area (Å²) in [6, 6.07) is 16.7. The first-order valence-electron chi connectivity index (χ1n) is 11.6. The summed E-state index contributed by atoms with van der Waals surface area (Å²) >= 11 is 0. The predicted molar refractivity (Wildman–Crippen MR) is 131 cm³/mol. The average Bonchev–Trinajstić information content (AvgIpc) is 2.82. The third kappa shape index (κ3) is 7.18. The first-order chi connectivity index (χ1) is 17.0. The van der Waals surface area contributed by atoms with Gasteiger partial charge in [-0.15, -0.1) is 0 Å². The van der Waals surface area contributed by atoms with Crippen LogP contribution in [0.2, 0.25) is 0 Å². The lowest BCUT2D eigenvalue weighted by molar-refractivity contribution is -0.149. The zero-order valence-corrected chi connectivity index (χ0v) is 20.5. The maximum absolute atomic E-state index is 13.4. The number of nitrogens with zero attached hydrogens (tertiary/aromatic N) is 1. The van der Waals surface area contributed by atoms with E-state index in [4.69, 9.17) is 9.47 Å². The number of carbonyl (C=O) groups excluding carboxylic acids is 4. The molecule has 0 fully saturated rings. The van der Waals surface area contributed by atoms with E-state index >= 15 is 0 Å². The molecular formula is C27H30N2O7. The Bertz CT molecular complexity index is 1140. The molecule has 0 unspecified atom stereocenters. The minimum atomic E-state index is -1.15. The highest BCUT2D eigenvalue weighted by atomic mass is 16.6. The minimum Gasteiger partial charge on any atom is -0.511 e. The van der Waals surface area contributed by atoms with E-state index in [1.165, 1.54) is 0 Å². The fourth-order valence-corrected chi connectivity index (χ4v) is 3.60. The monoisotopic (exact) mass is 494 g/mol. The lowest BCUT2D eigenvalue weighted by Crippen LogP contribution is -2.54. The number of alkyl carbamates (subject to hydrolysis) is 1. The summed E-state index contributed by atoms with van der Waals surface area (Å²) in [6.45, 7) is 4.82. The highest BCUT2D eigenvalue weighted by molar-refractivity contribution is 6.21. The molecule has 0 aliphatic carbocycles. The van der Waals surface area contributed by atoms with Crippen molar-refractivity contribution in [1.29, 1.82) is 0 Å². The maximum atomic E-state index is 13.4. The average molecular weight is 495 g/mol. The molecule has 190 valence electrons. The van der Waals surface area contributed by atoms with E-state index in [0.717, 1.165) is 10.5 Å². The van der Waals surface area contributed by atoms with E-state index in [-0.39, 0.29) is 26.0 Å². The van der Waals surface area contributed by atoms with Gasteiger partial charge in [-0.1, -0.05) is 60.7 Å². The number of nitrogens with one attached hydrogen (secondary N) is 1. The molecule has 3 rings (SSSR count). The van der Waals surface area contributed by atoms with Gasteiger partial charge in [0.25, 0.3) is 11.8 Å². The molecule has 2 aromatic rings. The van der Waals surface area contributed by atoms with E-state index in [2.05, 4.69) is 5.32 Å². The molecule has 36 heavy (non-hydrogen) atoms. The van der Waals surface area contributed by atoms with Crippen molar-refractivity contribution in [3.63, 3.8) is 0 Å². The Kier molecular flexibility index (Phi) is 8.47. The third-order valence-corrected chi connectivity index (χ3v) is 5.27. The summed E-state index contributed by atoms with van der Waals surface area (Å²) in [7, 11) is 0. The number of esters is 1. The number of ether oxygens (including phenoxy) is 2. The van der Waals surface area contributed by atoms with Gasteiger partial charge >= 0.3 is 12.1 Å². The number of aliphatic hydroxyl groups is 1. The molecule has 1 aliphatic heterocycles. The van der Waals surface area contributed by atoms with Gasteiger partial charge in [-0.25, -0.2) is 9.59 Å². The Morgan fingerprint density at radius 1 is 1.00 bits per heavy atom. The molecule has 0 bridgehead atoms. The van der Waals surface area contributed by atoms with Gasteiger partial charge in [-0.05, 0) is 31.9 Å². The Morgan fingerprint density at radius 2 is 1.58 bits per heavy atom. The molecule has 3 amide bonds. The predicted octanol–water partition coefficient (Wildman–Crippen LogP) is 3.44. The van der Waals surface area contributed by atoms with Crippen molar-refractivity contribution in [3.8, 4) is 0 Å². The molecule has 0 aromatic heterocycles. The zero-order valence-electron chi connectivity index (χ0n) is 20.5. The normalized spacial score (nSPS) is 14.8. The van der Waals surface area contributed by atoms with Crippen molar-refractivity contribution in [2.24, 2.45) is 0 Å². The topological polar surface area (TPSA) is 122 Å². The number of carbonyl (C=O) groups is 4. The fourth-order valence-electron chi connectivity index (χ4n) is 3.60. The lowest BCUT2D eigenvalue weighted by atomic mass is 10.0. The van der Waals surface area contributed by atoms with Crippen LogP contribution in [0.3, 0.4) is 0 Å². The van der Waals surface area contributed by atoms with E-state index in [1.54, 1.807) is 69.3 Å². The van der Waals surface area contributed by atoms with E-state index in [1.807, 2.05) is 12.1 Å². The molecule has 9 heteroatoms. The highest BCUT2D eigenvalue weighted by Gasteiger charge is 2.39. The van der Waals surface area contributed by atoms with Crippen LogP contribution in [-0.2, 0) is 36.9 Å². The van der Waals surface area contributed by atoms with Crippen LogP contribution >= 0.6 is 0 Å². The molecule has 0 spiro atoms. The Labute approximate surface area is 209 Å². The lowest BCUT2D eigenvalue weighted by Gasteiger charge is -2.30. The molecule has 2 N–H and O–H groups in total. The van der Waals surface area contributed by atoms with Crippen LogP contribution in [0.1, 0.15) is 38.3 Å². The summed E-state index contributed by atoms with van der Waals surface area (Å²) in [5.41, 5.74) is 0.0559. The van der Waals surface area contributed by atoms with Gasteiger partial charge in [0.2, 0.25) is 0 Å². The number of rotatable bonds is 7. The van der Waals surface area contributed by atoms with Crippen LogP contribution in [0, 0.1) is 0 Å². The molecule has 0 saturated carbocycles. The van der Waals surface area contributed by atoms with Gasteiger partial charge < -0.3 is 19.9 Å². The standard InChI is InChI=1S/C27H30N2O7/c1-27(2,3)36-26(34)28-20(16-18-10-6-4-7-11-18)23(31)29-15-14-21(30)22(24(29)32)25(33)35-17-19-12-8-5-9-13-19/h4-13,20,30H,14-17H2,1-3H3,(H,28,34)/t20-/m0/s1. The summed E-state index contributed by atoms with van der Waals surface area (Å²) in [5.74, 6) is -3.18. The van der Waals surface area contributed by atoms with Gasteiger partial charge in [-0.3, -0.25) is 14.5 Å². The van der Waals surface area contributed by atoms with Crippen LogP contribution < -0.4 is 5.32 Å². The summed E-state index contributed by atoms with van der Waals surface area (Å²) in [4.78, 5) is 52.6. The van der Waals surface area contributed by atoms with E-state index in [9.17, 15) is 24.3 Å². The quantitative estimate of drug-likeness (QED) is 0.447. The van der Waals surface area contributed by atoms with Crippen molar-refractivity contribution in [3.05, 3.63) is 83.1 Å². The molecule has 1 atom stereocenters. The number of imide groups is 1. The number of hydrogen-bond donors (Lipinski definition) is 2. The third-order valence-electron chi connectivity index (χ3n) is 5.27. The van der Waals surface area contributed by atoms with Gasteiger partial charge in [-0.2, -0.15) is 0 Å². The second-order valence-electron chi connectivity index (χ2n) is 9.32. The van der Waals surface area contributed by atoms with Gasteiger partial charge in [0.1, 0.15) is 24.0 Å². The molecule has 1 aliphatic rings. The molecule has 1 heterocycles. The summed E-state index contributed by atoms with van der Waals surface area (Å²) in [6.07, 6.45) is -0.841. The van der Waals surface area contributed by atoms with Crippen molar-refractivity contribution in [1.82, 2.24) is 10.2 Å². The fraction of sp³-hybridized carbons (Fsp3) is 0.333. The molecule has 0 radical (unpaired) electrons. The van der Waals surface area contributed by atoms with Crippen molar-refractivity contribution < 1.29 is 33.8 Å². The van der Waals surface area contributed by atoms with Crippen LogP contribution in [0.25, 0.3) is 0 Å². The second-order valence-corrected chi connectivity index (χ2v) is 9.32. The SMILES string of the molecule is CC(C)(C)OC(=O)N[C@@H](Cc1ccccc1)C(=O)N1CCC(O)=C(C(=O)OCc2ccccc2)C1=O. The Balaban J connectivity index is 1.78. The van der Waals surface area contributed by atoms with Crippen molar-refractivity contribution in [2.75, 3.05) is 6.54 Å². The van der Waals surface area contributed by atoms with E-state index < -0.39 is 46.9 Å². The number of aliphatic hydroxyl groups excluding tert-OH is 1. The summed E-state index contributed by atoms with van der Waals surface area (Å²) in [5, 5.41) is 12.8. The zero-order chi connectivity index (χ0) is 26.3. The van der Waals surface area contributed by atoms with Crippen LogP contribution in [0.15, 0.2) is 72.0 Å². The van der Waals surface area contributed by atoms with Gasteiger partial charge in [0.15, 0.2) is 5.57 Å². The maximum Gasteiger partial charge on any atom is 0.408 e. The summed E-state index contributed by atoms with van der Waals surface area (Å²) < 4.78 is 10.5. The van der Waals surface area contributed by atoms with Crippen LogP contribution in [0.4, 0.5) is 4.79 Å². The molecule has 0 saturated heterocycles. The number of amides is 3. The number of hydrogen-bond acceptors (Lipinski definition) is 7. The first-order valence-corrected chi connectivity index (χ1v) is 11.6. The van der Waals surface area contributed by atoms with Crippen molar-refractivity contribution >= 4 is 23.9 Å². The molecule has 9 nitrogen and oxygen atoms in total. The Morgan fingerprint density at radius 3 is 2.17 bits per heavy atom. The minimum absolute atomic E-state index is 0.0895. The van der Waals surface area contributed by atoms with Crippen molar-refractivity contribution in [2.45, 2.75) is 51.9 Å². The highest BCUT2D eigenvalue weighted by Crippen LogP contribution is 2.21. The smallest absolute Gasteiger partial charge is 0.408 e. The van der Waals surface area contributed by atoms with Gasteiger partial charge in [0, 0.05) is 19.4 Å². The van der Waals surface area contributed by atoms with Crippen LogP contribution in [-0.4, -0.2) is 52.1 Å². The Hall–Kier alpha value is -4.14. The second kappa shape index (κ2) is 11.5. The largest absolute Gasteiger partial charge is 0.511 e. The molecule has 2 aromatic carbocycles. The number of benzene rings is 2. The van der Waals surface area contributed by atoms with Crippen LogP contribution in [0.5, 0.6) is 0 Å². The van der Waals surface area contributed by atoms with Gasteiger partial charge in [0.05, 0.1) is 0 Å². The first kappa shape index (κ1) is 26.5. The molecular weight excluding hydrogens is 464 g/mol.